The van der Waals surface area contributed by atoms with Crippen LogP contribution in [-0.4, -0.2) is 68.5 Å². The minimum Gasteiger partial charge on any atom is -0.756 e. The lowest BCUT2D eigenvalue weighted by Crippen LogP contribution is -2.45. The van der Waals surface area contributed by atoms with Gasteiger partial charge in [-0.15, -0.1) is 0 Å². The van der Waals surface area contributed by atoms with Gasteiger partial charge in [0.1, 0.15) is 13.2 Å². The molecule has 0 aromatic heterocycles. The number of rotatable bonds is 29. The highest BCUT2D eigenvalue weighted by atomic mass is 31.2. The van der Waals surface area contributed by atoms with Crippen LogP contribution in [0.5, 0.6) is 0 Å². The summed E-state index contributed by atoms with van der Waals surface area (Å²) in [6.07, 6.45) is 26.8. The van der Waals surface area contributed by atoms with Gasteiger partial charge in [-0.05, 0) is 44.9 Å². The SMILES string of the molecule is CCCCC/C=C/C(O)C(COP(=O)([O-])OCC[N+](C)(C)C)NC(=O)CCCCCCC/C=C\CCCCCCCC. The summed E-state index contributed by atoms with van der Waals surface area (Å²) in [6.45, 7) is 4.48. The Hall–Kier alpha value is -1.02. The molecule has 3 atom stereocenters. The maximum absolute atomic E-state index is 12.6. The van der Waals surface area contributed by atoms with Gasteiger partial charge in [-0.1, -0.05) is 102 Å². The largest absolute Gasteiger partial charge is 0.756 e. The number of hydrogen-bond acceptors (Lipinski definition) is 6. The van der Waals surface area contributed by atoms with E-state index in [2.05, 4.69) is 31.3 Å². The van der Waals surface area contributed by atoms with Gasteiger partial charge in [-0.25, -0.2) is 0 Å². The Bertz CT molecular complexity index is 753. The molecule has 0 aliphatic heterocycles. The van der Waals surface area contributed by atoms with Gasteiger partial charge >= 0.3 is 0 Å². The Morgan fingerprint density at radius 3 is 1.90 bits per heavy atom. The molecule has 0 saturated carbocycles. The molecule has 0 spiro atoms. The van der Waals surface area contributed by atoms with E-state index in [0.29, 0.717) is 17.4 Å². The van der Waals surface area contributed by atoms with Crippen LogP contribution in [-0.2, 0) is 18.4 Å². The average molecular weight is 617 g/mol. The number of amides is 1. The van der Waals surface area contributed by atoms with E-state index >= 15 is 0 Å². The van der Waals surface area contributed by atoms with Crippen molar-refractivity contribution < 1.29 is 32.9 Å². The van der Waals surface area contributed by atoms with Gasteiger partial charge in [-0.3, -0.25) is 9.36 Å². The molecule has 8 nitrogen and oxygen atoms in total. The molecule has 0 rings (SSSR count). The zero-order valence-corrected chi connectivity index (χ0v) is 28.6. The fraction of sp³-hybridized carbons (Fsp3) is 0.848. The van der Waals surface area contributed by atoms with Crippen LogP contribution >= 0.6 is 7.82 Å². The molecule has 1 amide bonds. The number of aliphatic hydroxyl groups excluding tert-OH is 1. The Balaban J connectivity index is 4.40. The van der Waals surface area contributed by atoms with Gasteiger partial charge < -0.3 is 28.8 Å². The Labute approximate surface area is 258 Å². The van der Waals surface area contributed by atoms with Crippen molar-refractivity contribution in [2.45, 2.75) is 142 Å². The predicted molar refractivity (Wildman–Crippen MR) is 173 cm³/mol. The fourth-order valence-electron chi connectivity index (χ4n) is 4.38. The molecule has 2 N–H and O–H groups in total. The zero-order chi connectivity index (χ0) is 31.5. The molecule has 0 heterocycles. The number of nitrogens with zero attached hydrogens (tertiary/aromatic N) is 1. The second kappa shape index (κ2) is 26.4. The minimum absolute atomic E-state index is 0.00330. The molecule has 0 radical (unpaired) electrons. The highest BCUT2D eigenvalue weighted by molar-refractivity contribution is 7.45. The summed E-state index contributed by atoms with van der Waals surface area (Å²) >= 11 is 0. The van der Waals surface area contributed by atoms with Crippen molar-refractivity contribution in [3.05, 3.63) is 24.3 Å². The van der Waals surface area contributed by atoms with Crippen LogP contribution in [0.3, 0.4) is 0 Å². The summed E-state index contributed by atoms with van der Waals surface area (Å²) in [6, 6.07) is -0.882. The van der Waals surface area contributed by atoms with Crippen molar-refractivity contribution >= 4 is 13.7 Å². The van der Waals surface area contributed by atoms with Crippen LogP contribution in [0.1, 0.15) is 129 Å². The smallest absolute Gasteiger partial charge is 0.268 e. The van der Waals surface area contributed by atoms with E-state index in [1.165, 1.54) is 51.4 Å². The van der Waals surface area contributed by atoms with Gasteiger partial charge in [0.05, 0.1) is 39.9 Å². The zero-order valence-electron chi connectivity index (χ0n) is 27.7. The normalized spacial score (nSPS) is 15.3. The van der Waals surface area contributed by atoms with Gasteiger partial charge in [0.2, 0.25) is 5.91 Å². The summed E-state index contributed by atoms with van der Waals surface area (Å²) in [4.78, 5) is 24.9. The van der Waals surface area contributed by atoms with E-state index in [1.807, 2.05) is 27.2 Å². The van der Waals surface area contributed by atoms with Crippen molar-refractivity contribution in [3.63, 3.8) is 0 Å². The molecular formula is C33H65N2O6P. The summed E-state index contributed by atoms with van der Waals surface area (Å²) in [7, 11) is 1.24. The highest BCUT2D eigenvalue weighted by Crippen LogP contribution is 2.38. The van der Waals surface area contributed by atoms with E-state index in [4.69, 9.17) is 9.05 Å². The van der Waals surface area contributed by atoms with Crippen LogP contribution in [0.25, 0.3) is 0 Å². The molecule has 248 valence electrons. The van der Waals surface area contributed by atoms with E-state index in [9.17, 15) is 19.4 Å². The molecule has 9 heteroatoms. The minimum atomic E-state index is -4.56. The van der Waals surface area contributed by atoms with Crippen LogP contribution < -0.4 is 10.2 Å². The molecule has 0 aromatic rings. The lowest BCUT2D eigenvalue weighted by molar-refractivity contribution is -0.870. The fourth-order valence-corrected chi connectivity index (χ4v) is 5.10. The Kier molecular flexibility index (Phi) is 25.7. The molecule has 0 aliphatic carbocycles. The van der Waals surface area contributed by atoms with Gasteiger partial charge in [0.15, 0.2) is 0 Å². The first-order valence-electron chi connectivity index (χ1n) is 16.7. The summed E-state index contributed by atoms with van der Waals surface area (Å²) in [5, 5.41) is 13.5. The predicted octanol–water partition coefficient (Wildman–Crippen LogP) is 7.21. The number of hydrogen-bond donors (Lipinski definition) is 2. The Morgan fingerprint density at radius 1 is 0.810 bits per heavy atom. The van der Waals surface area contributed by atoms with E-state index in [0.717, 1.165) is 57.8 Å². The first-order valence-corrected chi connectivity index (χ1v) is 18.2. The summed E-state index contributed by atoms with van der Waals surface area (Å²) in [5.41, 5.74) is 0. The number of aliphatic hydroxyl groups is 1. The maximum atomic E-state index is 12.6. The number of nitrogens with one attached hydrogen (secondary N) is 1. The van der Waals surface area contributed by atoms with Crippen molar-refractivity contribution in [2.24, 2.45) is 0 Å². The molecule has 0 aliphatic rings. The van der Waals surface area contributed by atoms with Gasteiger partial charge in [-0.2, -0.15) is 0 Å². The lowest BCUT2D eigenvalue weighted by atomic mass is 10.1. The van der Waals surface area contributed by atoms with Crippen molar-refractivity contribution in [2.75, 3.05) is 40.9 Å². The number of carbonyl (C=O) groups is 1. The monoisotopic (exact) mass is 616 g/mol. The number of phosphoric ester groups is 1. The molecule has 0 fully saturated rings. The number of carbonyl (C=O) groups excluding carboxylic acids is 1. The van der Waals surface area contributed by atoms with E-state index in [-0.39, 0.29) is 19.1 Å². The highest BCUT2D eigenvalue weighted by Gasteiger charge is 2.23. The number of quaternary nitrogens is 1. The topological polar surface area (TPSA) is 108 Å². The number of phosphoric acid groups is 1. The van der Waals surface area contributed by atoms with Crippen molar-refractivity contribution in [1.29, 1.82) is 0 Å². The van der Waals surface area contributed by atoms with Crippen LogP contribution in [0, 0.1) is 0 Å². The maximum Gasteiger partial charge on any atom is 0.268 e. The summed E-state index contributed by atoms with van der Waals surface area (Å²) in [5.74, 6) is -0.216. The average Bonchev–Trinajstić information content (AvgIpc) is 2.92. The first-order chi connectivity index (χ1) is 20.0. The van der Waals surface area contributed by atoms with Gasteiger partial charge in [0.25, 0.3) is 7.82 Å². The van der Waals surface area contributed by atoms with E-state index < -0.39 is 20.0 Å². The second-order valence-electron chi connectivity index (χ2n) is 12.5. The molecule has 0 bridgehead atoms. The molecule has 0 saturated heterocycles. The molecular weight excluding hydrogens is 551 g/mol. The second-order valence-corrected chi connectivity index (χ2v) is 13.9. The third kappa shape index (κ3) is 27.8. The number of allylic oxidation sites excluding steroid dienone is 3. The van der Waals surface area contributed by atoms with Crippen LogP contribution in [0.15, 0.2) is 24.3 Å². The number of likely N-dealkylation sites (N-methyl/N-ethyl adjacent to an activating group) is 1. The molecule has 3 unspecified atom stereocenters. The van der Waals surface area contributed by atoms with Crippen molar-refractivity contribution in [3.8, 4) is 0 Å². The quantitative estimate of drug-likeness (QED) is 0.0398. The van der Waals surface area contributed by atoms with Crippen LogP contribution in [0.4, 0.5) is 0 Å². The van der Waals surface area contributed by atoms with Crippen molar-refractivity contribution in [1.82, 2.24) is 5.32 Å². The number of unbranched alkanes of at least 4 members (excludes halogenated alkanes) is 14. The first kappa shape index (κ1) is 41.0. The third-order valence-corrected chi connectivity index (χ3v) is 8.12. The molecule has 42 heavy (non-hydrogen) atoms. The standard InChI is InChI=1S/C33H65N2O6P/c1-6-8-10-12-13-14-15-16-17-18-19-20-21-23-25-27-33(37)34-31(32(36)26-24-22-11-9-7-2)30-41-42(38,39)40-29-28-35(3,4)5/h16-17,24,26,31-32,36H,6-15,18-23,25,27-30H2,1-5H3,(H-,34,37,38,39)/b17-16-,26-24+. The summed E-state index contributed by atoms with van der Waals surface area (Å²) < 4.78 is 22.8. The Morgan fingerprint density at radius 2 is 1.31 bits per heavy atom. The van der Waals surface area contributed by atoms with E-state index in [1.54, 1.807) is 6.08 Å². The lowest BCUT2D eigenvalue weighted by Gasteiger charge is -2.29. The van der Waals surface area contributed by atoms with Gasteiger partial charge in [0, 0.05) is 6.42 Å². The third-order valence-electron chi connectivity index (χ3n) is 7.16. The van der Waals surface area contributed by atoms with Crippen LogP contribution in [0.2, 0.25) is 0 Å². The molecule has 0 aromatic carbocycles.